The lowest BCUT2D eigenvalue weighted by molar-refractivity contribution is -0.240. The fourth-order valence-corrected chi connectivity index (χ4v) is 0.684. The molecule has 0 amide bonds. The average molecular weight is 132 g/mol. The second-order valence-electron chi connectivity index (χ2n) is 2.84. The first-order chi connectivity index (χ1) is 4.10. The zero-order valence-electron chi connectivity index (χ0n) is 5.76. The van der Waals surface area contributed by atoms with Crippen molar-refractivity contribution < 1.29 is 14.6 Å². The van der Waals surface area contributed by atoms with Crippen molar-refractivity contribution in [3.8, 4) is 0 Å². The fraction of sp³-hybridized carbons (Fsp3) is 1.00. The molecular weight excluding hydrogens is 120 g/mol. The minimum Gasteiger partial charge on any atom is -0.368 e. The van der Waals surface area contributed by atoms with Crippen LogP contribution in [0.4, 0.5) is 0 Å². The molecule has 0 aromatic heterocycles. The van der Waals surface area contributed by atoms with Crippen LogP contribution in [0.3, 0.4) is 0 Å². The molecule has 1 atom stereocenters. The first-order valence-corrected chi connectivity index (χ1v) is 3.04. The Kier molecular flexibility index (Phi) is 1.75. The molecule has 1 aliphatic heterocycles. The molecule has 1 unspecified atom stereocenters. The molecule has 0 aliphatic carbocycles. The predicted octanol–water partition coefficient (Wildman–Crippen LogP) is 0.130. The van der Waals surface area contributed by atoms with Crippen molar-refractivity contribution in [2.75, 3.05) is 13.2 Å². The van der Waals surface area contributed by atoms with Crippen LogP contribution in [0.15, 0.2) is 0 Å². The van der Waals surface area contributed by atoms with Crippen LogP contribution in [0.2, 0.25) is 0 Å². The van der Waals surface area contributed by atoms with Crippen molar-refractivity contribution in [3.63, 3.8) is 0 Å². The van der Waals surface area contributed by atoms with Gasteiger partial charge in [-0.05, 0) is 13.8 Å². The molecule has 54 valence electrons. The molecule has 1 heterocycles. The van der Waals surface area contributed by atoms with Crippen molar-refractivity contribution in [2.24, 2.45) is 0 Å². The number of ether oxygens (including phenoxy) is 2. The Balaban J connectivity index is 2.35. The highest BCUT2D eigenvalue weighted by molar-refractivity contribution is 4.70. The normalized spacial score (nSPS) is 34.3. The summed E-state index contributed by atoms with van der Waals surface area (Å²) in [5, 5.41) is 8.79. The van der Waals surface area contributed by atoms with Crippen molar-refractivity contribution in [1.29, 1.82) is 0 Å². The van der Waals surface area contributed by atoms with Gasteiger partial charge in [0.05, 0.1) is 18.8 Å². The standard InChI is InChI=1S/C6H12O3/c1-6(2)4-8-5(7)3-9-6/h5,7H,3-4H2,1-2H3. The van der Waals surface area contributed by atoms with Gasteiger partial charge in [0.25, 0.3) is 0 Å². The molecule has 0 aromatic carbocycles. The minimum absolute atomic E-state index is 0.223. The second kappa shape index (κ2) is 2.25. The van der Waals surface area contributed by atoms with Gasteiger partial charge in [-0.1, -0.05) is 0 Å². The summed E-state index contributed by atoms with van der Waals surface area (Å²) < 4.78 is 10.1. The summed E-state index contributed by atoms with van der Waals surface area (Å²) in [6.07, 6.45) is -0.724. The monoisotopic (exact) mass is 132 g/mol. The topological polar surface area (TPSA) is 38.7 Å². The van der Waals surface area contributed by atoms with Crippen molar-refractivity contribution in [1.82, 2.24) is 0 Å². The largest absolute Gasteiger partial charge is 0.368 e. The van der Waals surface area contributed by atoms with E-state index in [2.05, 4.69) is 0 Å². The zero-order chi connectivity index (χ0) is 6.91. The number of hydrogen-bond donors (Lipinski definition) is 1. The predicted molar refractivity (Wildman–Crippen MR) is 32.0 cm³/mol. The molecule has 3 nitrogen and oxygen atoms in total. The Labute approximate surface area is 54.6 Å². The van der Waals surface area contributed by atoms with E-state index in [-0.39, 0.29) is 12.2 Å². The van der Waals surface area contributed by atoms with Gasteiger partial charge in [0, 0.05) is 0 Å². The van der Waals surface area contributed by atoms with Gasteiger partial charge in [-0.2, -0.15) is 0 Å². The van der Waals surface area contributed by atoms with Crippen LogP contribution >= 0.6 is 0 Å². The van der Waals surface area contributed by atoms with E-state index in [1.807, 2.05) is 13.8 Å². The molecule has 0 aromatic rings. The lowest BCUT2D eigenvalue weighted by Crippen LogP contribution is -2.42. The van der Waals surface area contributed by atoms with Crippen LogP contribution in [0.25, 0.3) is 0 Å². The first kappa shape index (κ1) is 6.99. The molecule has 1 saturated heterocycles. The summed E-state index contributed by atoms with van der Waals surface area (Å²) in [5.74, 6) is 0. The van der Waals surface area contributed by atoms with Crippen LogP contribution in [0.1, 0.15) is 13.8 Å². The number of rotatable bonds is 0. The van der Waals surface area contributed by atoms with E-state index in [1.54, 1.807) is 0 Å². The minimum atomic E-state index is -0.724. The first-order valence-electron chi connectivity index (χ1n) is 3.04. The smallest absolute Gasteiger partial charge is 0.178 e. The van der Waals surface area contributed by atoms with Crippen LogP contribution in [0, 0.1) is 0 Å². The van der Waals surface area contributed by atoms with E-state index in [0.29, 0.717) is 6.61 Å². The molecule has 0 radical (unpaired) electrons. The molecule has 1 aliphatic rings. The molecule has 0 bridgehead atoms. The number of aliphatic hydroxyl groups is 1. The van der Waals surface area contributed by atoms with E-state index in [9.17, 15) is 0 Å². The molecule has 1 N–H and O–H groups in total. The summed E-state index contributed by atoms with van der Waals surface area (Å²) in [6.45, 7) is 4.61. The Morgan fingerprint density at radius 3 is 2.56 bits per heavy atom. The van der Waals surface area contributed by atoms with Gasteiger partial charge in [-0.3, -0.25) is 0 Å². The lowest BCUT2D eigenvalue weighted by Gasteiger charge is -2.32. The van der Waals surface area contributed by atoms with Crippen molar-refractivity contribution in [3.05, 3.63) is 0 Å². The summed E-state index contributed by atoms with van der Waals surface area (Å²) in [6, 6.07) is 0. The molecule has 0 spiro atoms. The van der Waals surface area contributed by atoms with Gasteiger partial charge >= 0.3 is 0 Å². The highest BCUT2D eigenvalue weighted by Gasteiger charge is 2.26. The van der Waals surface area contributed by atoms with Gasteiger partial charge in [0.15, 0.2) is 6.29 Å². The maximum atomic E-state index is 8.79. The molecular formula is C6H12O3. The molecule has 3 heteroatoms. The van der Waals surface area contributed by atoms with E-state index in [0.717, 1.165) is 0 Å². The van der Waals surface area contributed by atoms with Crippen molar-refractivity contribution in [2.45, 2.75) is 25.7 Å². The Bertz CT molecular complexity index is 90.5. The fourth-order valence-electron chi connectivity index (χ4n) is 0.684. The Hall–Kier alpha value is -0.120. The third kappa shape index (κ3) is 1.93. The summed E-state index contributed by atoms with van der Waals surface area (Å²) in [4.78, 5) is 0. The van der Waals surface area contributed by atoms with Crippen LogP contribution in [-0.2, 0) is 9.47 Å². The summed E-state index contributed by atoms with van der Waals surface area (Å²) >= 11 is 0. The Morgan fingerprint density at radius 1 is 1.56 bits per heavy atom. The highest BCUT2D eigenvalue weighted by atomic mass is 16.7. The SMILES string of the molecule is CC1(C)COC(O)CO1. The van der Waals surface area contributed by atoms with Gasteiger partial charge in [-0.15, -0.1) is 0 Å². The quantitative estimate of drug-likeness (QED) is 0.509. The van der Waals surface area contributed by atoms with E-state index < -0.39 is 6.29 Å². The molecule has 9 heavy (non-hydrogen) atoms. The summed E-state index contributed by atoms with van der Waals surface area (Å²) in [7, 11) is 0. The number of hydrogen-bond acceptors (Lipinski definition) is 3. The van der Waals surface area contributed by atoms with Crippen LogP contribution < -0.4 is 0 Å². The molecule has 1 fully saturated rings. The average Bonchev–Trinajstić information content (AvgIpc) is 1.78. The van der Waals surface area contributed by atoms with Crippen LogP contribution in [0.5, 0.6) is 0 Å². The highest BCUT2D eigenvalue weighted by Crippen LogP contribution is 2.15. The maximum absolute atomic E-state index is 8.79. The van der Waals surface area contributed by atoms with Gasteiger partial charge in [0.2, 0.25) is 0 Å². The zero-order valence-corrected chi connectivity index (χ0v) is 5.76. The van der Waals surface area contributed by atoms with E-state index in [4.69, 9.17) is 14.6 Å². The second-order valence-corrected chi connectivity index (χ2v) is 2.84. The Morgan fingerprint density at radius 2 is 2.22 bits per heavy atom. The third-order valence-corrected chi connectivity index (χ3v) is 1.24. The number of aliphatic hydroxyl groups excluding tert-OH is 1. The van der Waals surface area contributed by atoms with Gasteiger partial charge < -0.3 is 14.6 Å². The van der Waals surface area contributed by atoms with Gasteiger partial charge in [-0.25, -0.2) is 0 Å². The summed E-state index contributed by atoms with van der Waals surface area (Å²) in [5.41, 5.74) is -0.223. The van der Waals surface area contributed by atoms with E-state index in [1.165, 1.54) is 0 Å². The van der Waals surface area contributed by atoms with E-state index >= 15 is 0 Å². The lowest BCUT2D eigenvalue weighted by atomic mass is 10.1. The van der Waals surface area contributed by atoms with Crippen molar-refractivity contribution >= 4 is 0 Å². The van der Waals surface area contributed by atoms with Crippen LogP contribution in [-0.4, -0.2) is 30.2 Å². The van der Waals surface area contributed by atoms with Gasteiger partial charge in [0.1, 0.15) is 0 Å². The molecule has 0 saturated carbocycles. The maximum Gasteiger partial charge on any atom is 0.178 e. The third-order valence-electron chi connectivity index (χ3n) is 1.24. The molecule has 1 rings (SSSR count).